The summed E-state index contributed by atoms with van der Waals surface area (Å²) in [5.41, 5.74) is 4.85. The number of rotatable bonds is 6. The summed E-state index contributed by atoms with van der Waals surface area (Å²) in [6.07, 6.45) is -0.284. The van der Waals surface area contributed by atoms with Crippen LogP contribution in [0.2, 0.25) is 0 Å². The summed E-state index contributed by atoms with van der Waals surface area (Å²) in [4.78, 5) is 24.9. The van der Waals surface area contributed by atoms with Crippen LogP contribution in [0.3, 0.4) is 0 Å². The number of aryl methyl sites for hydroxylation is 1. The highest BCUT2D eigenvalue weighted by molar-refractivity contribution is 7.44. The van der Waals surface area contributed by atoms with Crippen LogP contribution in [0.25, 0.3) is 0 Å². The van der Waals surface area contributed by atoms with Gasteiger partial charge in [0.2, 0.25) is 0 Å². The van der Waals surface area contributed by atoms with E-state index in [4.69, 9.17) is 24.4 Å². The van der Waals surface area contributed by atoms with Crippen molar-refractivity contribution in [3.8, 4) is 0 Å². The van der Waals surface area contributed by atoms with Crippen LogP contribution < -0.4 is 16.8 Å². The molecule has 10 nitrogen and oxygen atoms in total. The van der Waals surface area contributed by atoms with E-state index in [1.54, 1.807) is 6.92 Å². The van der Waals surface area contributed by atoms with E-state index >= 15 is 0 Å². The van der Waals surface area contributed by atoms with Crippen molar-refractivity contribution < 1.29 is 24.0 Å². The number of aromatic amines is 1. The Morgan fingerprint density at radius 2 is 1.89 bits per heavy atom. The topological polar surface area (TPSA) is 149 Å². The van der Waals surface area contributed by atoms with Crippen molar-refractivity contribution >= 4 is 8.53 Å². The van der Waals surface area contributed by atoms with Gasteiger partial charge in [-0.2, -0.15) is 0 Å². The molecule has 1 aliphatic rings. The van der Waals surface area contributed by atoms with Gasteiger partial charge in [-0.15, -0.1) is 0 Å². The first kappa shape index (κ1) is 23.9. The Balaban J connectivity index is 0.000000314. The third-order valence-corrected chi connectivity index (χ3v) is 4.73. The molecule has 1 fully saturated rings. The van der Waals surface area contributed by atoms with Crippen molar-refractivity contribution in [2.24, 2.45) is 5.50 Å². The summed E-state index contributed by atoms with van der Waals surface area (Å²) in [5.74, 6) is 0. The zero-order valence-corrected chi connectivity index (χ0v) is 17.2. The molecule has 0 radical (unpaired) electrons. The van der Waals surface area contributed by atoms with E-state index in [1.165, 1.54) is 10.8 Å². The van der Waals surface area contributed by atoms with Crippen LogP contribution in [-0.4, -0.2) is 50.8 Å². The minimum Gasteiger partial charge on any atom is -0.394 e. The Bertz CT molecular complexity index is 681. The fraction of sp³-hybridized carbons (Fsp3) is 0.750. The fourth-order valence-electron chi connectivity index (χ4n) is 2.29. The molecule has 0 aliphatic carbocycles. The van der Waals surface area contributed by atoms with Gasteiger partial charge in [-0.1, -0.05) is 0 Å². The van der Waals surface area contributed by atoms with Crippen LogP contribution in [0, 0.1) is 6.92 Å². The molecule has 156 valence electrons. The van der Waals surface area contributed by atoms with E-state index in [0.29, 0.717) is 5.56 Å². The summed E-state index contributed by atoms with van der Waals surface area (Å²) >= 11 is 0. The van der Waals surface area contributed by atoms with Gasteiger partial charge >= 0.3 is 5.69 Å². The van der Waals surface area contributed by atoms with Crippen LogP contribution in [0.5, 0.6) is 0 Å². The summed E-state index contributed by atoms with van der Waals surface area (Å²) in [5, 5.41) is 18.5. The molecule has 0 unspecified atom stereocenters. The van der Waals surface area contributed by atoms with E-state index in [2.05, 4.69) is 4.98 Å². The maximum Gasteiger partial charge on any atom is 0.330 e. The lowest BCUT2D eigenvalue weighted by atomic mass is 10.2. The van der Waals surface area contributed by atoms with Crippen LogP contribution in [0.15, 0.2) is 15.8 Å². The number of nitrogens with zero attached hydrogens (tertiary/aromatic N) is 1. The van der Waals surface area contributed by atoms with E-state index in [1.807, 2.05) is 27.7 Å². The number of aromatic nitrogens is 2. The van der Waals surface area contributed by atoms with Crippen LogP contribution >= 0.6 is 8.53 Å². The van der Waals surface area contributed by atoms with Gasteiger partial charge in [-0.25, -0.2) is 4.79 Å². The monoisotopic (exact) mass is 407 g/mol. The Kier molecular flexibility index (Phi) is 9.75. The number of nitrogens with one attached hydrogen (secondary N) is 1. The number of ether oxygens (including phenoxy) is 1. The predicted molar refractivity (Wildman–Crippen MR) is 101 cm³/mol. The highest BCUT2D eigenvalue weighted by Gasteiger charge is 2.34. The smallest absolute Gasteiger partial charge is 0.330 e. The van der Waals surface area contributed by atoms with E-state index in [9.17, 15) is 14.7 Å². The summed E-state index contributed by atoms with van der Waals surface area (Å²) in [6, 6.07) is 0. The largest absolute Gasteiger partial charge is 0.394 e. The molecule has 5 N–H and O–H groups in total. The Hall–Kier alpha value is -1.13. The lowest BCUT2D eigenvalue weighted by Gasteiger charge is -2.16. The molecule has 0 saturated carbocycles. The first-order valence-corrected chi connectivity index (χ1v) is 9.94. The van der Waals surface area contributed by atoms with Crippen molar-refractivity contribution in [2.75, 3.05) is 6.61 Å². The molecule has 2 heterocycles. The maximum absolute atomic E-state index is 11.6. The molecule has 0 aromatic carbocycles. The van der Waals surface area contributed by atoms with Crippen LogP contribution in [0.4, 0.5) is 0 Å². The maximum atomic E-state index is 11.6. The van der Waals surface area contributed by atoms with E-state index in [0.717, 1.165) is 0 Å². The van der Waals surface area contributed by atoms with Crippen LogP contribution in [-0.2, 0) is 13.8 Å². The third-order valence-electron chi connectivity index (χ3n) is 3.47. The number of H-pyrrole nitrogens is 1. The Morgan fingerprint density at radius 3 is 2.33 bits per heavy atom. The minimum atomic E-state index is -1.16. The lowest BCUT2D eigenvalue weighted by Crippen LogP contribution is -2.33. The summed E-state index contributed by atoms with van der Waals surface area (Å²) in [6.45, 7) is 9.01. The van der Waals surface area contributed by atoms with Gasteiger partial charge in [0.25, 0.3) is 14.1 Å². The van der Waals surface area contributed by atoms with Gasteiger partial charge in [0.15, 0.2) is 0 Å². The molecule has 1 aromatic heterocycles. The molecule has 1 aliphatic heterocycles. The Morgan fingerprint density at radius 1 is 1.33 bits per heavy atom. The summed E-state index contributed by atoms with van der Waals surface area (Å²) < 4.78 is 16.9. The molecular formula is C16H30N3O7P. The molecule has 0 spiro atoms. The zero-order chi connectivity index (χ0) is 20.7. The second-order valence-electron chi connectivity index (χ2n) is 6.69. The van der Waals surface area contributed by atoms with Gasteiger partial charge < -0.3 is 24.0 Å². The lowest BCUT2D eigenvalue weighted by molar-refractivity contribution is -0.0459. The standard InChI is InChI=1S/C10H14N2O5.C6H16NO2P/c1-5-3-12(10(16)11-9(5)15)8-2-6(14)7(4-13)17-8;1-5(2)8-10(7)9-6(3)4/h3,6-8,13-14H,2,4H2,1H3,(H,11,15,16);5-6H,7H2,1-4H3/t6-,7+,8+;/m0./s1. The first-order chi connectivity index (χ1) is 12.5. The molecule has 1 saturated heterocycles. The SMILES string of the molecule is CC(C)OP(N)OC(C)C.Cc1cn([C@H]2C[C@H](O)[C@@H](CO)O2)c(=O)[nH]c1=O. The van der Waals surface area contributed by atoms with Gasteiger partial charge in [0.05, 0.1) is 24.9 Å². The average molecular weight is 407 g/mol. The van der Waals surface area contributed by atoms with Gasteiger partial charge in [0.1, 0.15) is 12.3 Å². The summed E-state index contributed by atoms with van der Waals surface area (Å²) in [7, 11) is -1.16. The molecule has 0 bridgehead atoms. The van der Waals surface area contributed by atoms with Crippen molar-refractivity contribution in [1.82, 2.24) is 9.55 Å². The van der Waals surface area contributed by atoms with Gasteiger partial charge in [-0.3, -0.25) is 19.8 Å². The minimum absolute atomic E-state index is 0.148. The van der Waals surface area contributed by atoms with Crippen molar-refractivity contribution in [3.63, 3.8) is 0 Å². The molecule has 3 atom stereocenters. The predicted octanol–water partition coefficient (Wildman–Crippen LogP) is 0.508. The molecule has 11 heteroatoms. The van der Waals surface area contributed by atoms with Crippen molar-refractivity contribution in [1.29, 1.82) is 0 Å². The molecular weight excluding hydrogens is 377 g/mol. The average Bonchev–Trinajstić information content (AvgIpc) is 2.90. The van der Waals surface area contributed by atoms with E-state index in [-0.39, 0.29) is 25.2 Å². The van der Waals surface area contributed by atoms with Gasteiger partial charge in [-0.05, 0) is 34.6 Å². The zero-order valence-electron chi connectivity index (χ0n) is 16.3. The van der Waals surface area contributed by atoms with Gasteiger partial charge in [0, 0.05) is 18.2 Å². The first-order valence-electron chi connectivity index (χ1n) is 8.69. The third kappa shape index (κ3) is 7.79. The molecule has 0 amide bonds. The molecule has 2 rings (SSSR count). The number of aliphatic hydroxyl groups excluding tert-OH is 2. The highest BCUT2D eigenvalue weighted by atomic mass is 31.2. The normalized spacial score (nSPS) is 22.4. The number of aliphatic hydroxyl groups is 2. The number of hydrogen-bond donors (Lipinski definition) is 4. The molecule has 1 aromatic rings. The van der Waals surface area contributed by atoms with Crippen molar-refractivity contribution in [2.45, 2.75) is 71.7 Å². The number of nitrogens with two attached hydrogens (primary N) is 1. The Labute approximate surface area is 159 Å². The van der Waals surface area contributed by atoms with Crippen LogP contribution in [0.1, 0.15) is 45.9 Å². The molecule has 27 heavy (non-hydrogen) atoms. The quantitative estimate of drug-likeness (QED) is 0.498. The second-order valence-corrected chi connectivity index (χ2v) is 7.68. The number of hydrogen-bond acceptors (Lipinski definition) is 8. The fourth-order valence-corrected chi connectivity index (χ4v) is 3.17. The van der Waals surface area contributed by atoms with Crippen molar-refractivity contribution in [3.05, 3.63) is 32.6 Å². The van der Waals surface area contributed by atoms with E-state index < -0.39 is 38.2 Å². The second kappa shape index (κ2) is 11.0. The highest BCUT2D eigenvalue weighted by Crippen LogP contribution is 2.31.